The Morgan fingerprint density at radius 2 is 1.65 bits per heavy atom. The summed E-state index contributed by atoms with van der Waals surface area (Å²) in [7, 11) is -1.77. The van der Waals surface area contributed by atoms with Crippen LogP contribution >= 0.6 is 0 Å². The summed E-state index contributed by atoms with van der Waals surface area (Å²) in [4.78, 5) is 17.0. The van der Waals surface area contributed by atoms with Gasteiger partial charge in [0.05, 0.1) is 21.6 Å². The Hall–Kier alpha value is -3.65. The minimum absolute atomic E-state index is 0.128. The molecule has 8 heteroatoms. The maximum atomic E-state index is 12.6. The van der Waals surface area contributed by atoms with Gasteiger partial charge in [-0.3, -0.25) is 9.52 Å². The summed E-state index contributed by atoms with van der Waals surface area (Å²) in [5, 5.41) is 2.90. The van der Waals surface area contributed by atoms with Crippen molar-refractivity contribution in [3.8, 4) is 0 Å². The van der Waals surface area contributed by atoms with E-state index >= 15 is 0 Å². The van der Waals surface area contributed by atoms with E-state index < -0.39 is 10.0 Å². The lowest BCUT2D eigenvalue weighted by atomic mass is 10.2. The number of hydrogen-bond acceptors (Lipinski definition) is 4. The fourth-order valence-electron chi connectivity index (χ4n) is 3.33. The summed E-state index contributed by atoms with van der Waals surface area (Å²) in [6, 6.07) is 22.5. The molecule has 0 saturated heterocycles. The molecule has 0 aliphatic carbocycles. The quantitative estimate of drug-likeness (QED) is 0.467. The first-order chi connectivity index (χ1) is 14.9. The summed E-state index contributed by atoms with van der Waals surface area (Å²) >= 11 is 0. The van der Waals surface area contributed by atoms with E-state index in [0.717, 1.165) is 11.3 Å². The highest BCUT2D eigenvalue weighted by atomic mass is 32.2. The third-order valence-electron chi connectivity index (χ3n) is 4.95. The van der Waals surface area contributed by atoms with Gasteiger partial charge in [-0.05, 0) is 42.5 Å². The van der Waals surface area contributed by atoms with Gasteiger partial charge in [0.25, 0.3) is 15.9 Å². The van der Waals surface area contributed by atoms with Gasteiger partial charge in [0, 0.05) is 25.6 Å². The van der Waals surface area contributed by atoms with Crippen LogP contribution in [0.25, 0.3) is 11.0 Å². The van der Waals surface area contributed by atoms with E-state index in [9.17, 15) is 13.2 Å². The van der Waals surface area contributed by atoms with Crippen molar-refractivity contribution in [3.63, 3.8) is 0 Å². The number of nitrogens with one attached hydrogen (secondary N) is 2. The van der Waals surface area contributed by atoms with Crippen molar-refractivity contribution >= 4 is 32.7 Å². The zero-order chi connectivity index (χ0) is 21.8. The van der Waals surface area contributed by atoms with Gasteiger partial charge in [0.2, 0.25) is 0 Å². The number of benzene rings is 3. The number of aryl methyl sites for hydroxylation is 1. The van der Waals surface area contributed by atoms with Gasteiger partial charge in [0.15, 0.2) is 0 Å². The topological polar surface area (TPSA) is 93.1 Å². The Labute approximate surface area is 180 Å². The van der Waals surface area contributed by atoms with E-state index in [1.807, 2.05) is 35.9 Å². The van der Waals surface area contributed by atoms with Gasteiger partial charge >= 0.3 is 0 Å². The zero-order valence-corrected chi connectivity index (χ0v) is 17.8. The standard InChI is InChI=1S/C23H22N4O3S/c1-27-21-13-12-18(26-31(29,30)19-10-6-3-7-11-19)16-20(21)25-22(27)14-15-24-23(28)17-8-4-2-5-9-17/h2-13,16,26H,14-15H2,1H3,(H,24,28). The van der Waals surface area contributed by atoms with Gasteiger partial charge in [-0.15, -0.1) is 0 Å². The second kappa shape index (κ2) is 8.61. The number of carbonyl (C=O) groups is 1. The van der Waals surface area contributed by atoms with E-state index in [1.54, 1.807) is 54.6 Å². The van der Waals surface area contributed by atoms with Crippen LogP contribution in [-0.2, 0) is 23.5 Å². The lowest BCUT2D eigenvalue weighted by Gasteiger charge is -2.08. The molecule has 1 heterocycles. The lowest BCUT2D eigenvalue weighted by Crippen LogP contribution is -2.26. The molecule has 0 atom stereocenters. The van der Waals surface area contributed by atoms with Crippen molar-refractivity contribution in [2.75, 3.05) is 11.3 Å². The molecule has 1 aromatic heterocycles. The summed E-state index contributed by atoms with van der Waals surface area (Å²) in [5.74, 6) is 0.670. The Morgan fingerprint density at radius 3 is 2.35 bits per heavy atom. The molecule has 0 radical (unpaired) electrons. The molecule has 0 bridgehead atoms. The number of sulfonamides is 1. The van der Waals surface area contributed by atoms with E-state index in [-0.39, 0.29) is 10.8 Å². The molecule has 0 unspecified atom stereocenters. The predicted molar refractivity (Wildman–Crippen MR) is 120 cm³/mol. The normalized spacial score (nSPS) is 11.4. The SMILES string of the molecule is Cn1c(CCNC(=O)c2ccccc2)nc2cc(NS(=O)(=O)c3ccccc3)ccc21. The largest absolute Gasteiger partial charge is 0.352 e. The van der Waals surface area contributed by atoms with Crippen molar-refractivity contribution in [3.05, 3.63) is 90.3 Å². The van der Waals surface area contributed by atoms with Crippen LogP contribution in [0.2, 0.25) is 0 Å². The van der Waals surface area contributed by atoms with Crippen molar-refractivity contribution in [1.29, 1.82) is 0 Å². The van der Waals surface area contributed by atoms with Crippen LogP contribution in [0, 0.1) is 0 Å². The fourth-order valence-corrected chi connectivity index (χ4v) is 4.40. The van der Waals surface area contributed by atoms with Gasteiger partial charge in [-0.25, -0.2) is 13.4 Å². The summed E-state index contributed by atoms with van der Waals surface area (Å²) in [6.45, 7) is 0.443. The molecular formula is C23H22N4O3S. The summed E-state index contributed by atoms with van der Waals surface area (Å²) < 4.78 is 29.7. The Kier molecular flexibility index (Phi) is 5.73. The number of imidazole rings is 1. The fraction of sp³-hybridized carbons (Fsp3) is 0.130. The molecule has 4 rings (SSSR count). The lowest BCUT2D eigenvalue weighted by molar-refractivity contribution is 0.0954. The molecular weight excluding hydrogens is 412 g/mol. The van der Waals surface area contributed by atoms with Gasteiger partial charge in [-0.2, -0.15) is 0 Å². The maximum Gasteiger partial charge on any atom is 0.261 e. The molecule has 2 N–H and O–H groups in total. The molecule has 158 valence electrons. The highest BCUT2D eigenvalue weighted by molar-refractivity contribution is 7.92. The number of hydrogen-bond donors (Lipinski definition) is 2. The first kappa shape index (κ1) is 20.6. The molecule has 0 aliphatic heterocycles. The Bertz CT molecular complexity index is 1320. The average molecular weight is 435 g/mol. The molecule has 0 aliphatic rings. The Balaban J connectivity index is 1.47. The second-order valence-corrected chi connectivity index (χ2v) is 8.76. The maximum absolute atomic E-state index is 12.6. The molecule has 0 fully saturated rings. The zero-order valence-electron chi connectivity index (χ0n) is 16.9. The number of aromatic nitrogens is 2. The highest BCUT2D eigenvalue weighted by Crippen LogP contribution is 2.22. The van der Waals surface area contributed by atoms with Crippen LogP contribution < -0.4 is 10.0 Å². The smallest absolute Gasteiger partial charge is 0.261 e. The van der Waals surface area contributed by atoms with Gasteiger partial charge in [0.1, 0.15) is 5.82 Å². The molecule has 4 aromatic rings. The number of rotatable bonds is 7. The average Bonchev–Trinajstić information content (AvgIpc) is 3.09. The number of anilines is 1. The first-order valence-electron chi connectivity index (χ1n) is 9.80. The van der Waals surface area contributed by atoms with Crippen molar-refractivity contribution in [2.24, 2.45) is 7.05 Å². The monoisotopic (exact) mass is 434 g/mol. The third-order valence-corrected chi connectivity index (χ3v) is 6.35. The van der Waals surface area contributed by atoms with Gasteiger partial charge in [-0.1, -0.05) is 36.4 Å². The number of fused-ring (bicyclic) bond motifs is 1. The Morgan fingerprint density at radius 1 is 0.968 bits per heavy atom. The number of carbonyl (C=O) groups excluding carboxylic acids is 1. The molecule has 0 saturated carbocycles. The molecule has 3 aromatic carbocycles. The van der Waals surface area contributed by atoms with Crippen molar-refractivity contribution in [2.45, 2.75) is 11.3 Å². The summed E-state index contributed by atoms with van der Waals surface area (Å²) in [6.07, 6.45) is 0.550. The van der Waals surface area contributed by atoms with E-state index in [1.165, 1.54) is 0 Å². The van der Waals surface area contributed by atoms with Gasteiger partial charge < -0.3 is 9.88 Å². The molecule has 0 spiro atoms. The van der Waals surface area contributed by atoms with Crippen LogP contribution in [-0.4, -0.2) is 30.4 Å². The van der Waals surface area contributed by atoms with E-state index in [4.69, 9.17) is 0 Å². The number of amides is 1. The van der Waals surface area contributed by atoms with E-state index in [2.05, 4.69) is 15.0 Å². The molecule has 7 nitrogen and oxygen atoms in total. The third kappa shape index (κ3) is 4.59. The molecule has 31 heavy (non-hydrogen) atoms. The highest BCUT2D eigenvalue weighted by Gasteiger charge is 2.15. The van der Waals surface area contributed by atoms with E-state index in [0.29, 0.717) is 29.7 Å². The van der Waals surface area contributed by atoms with Crippen molar-refractivity contribution < 1.29 is 13.2 Å². The van der Waals surface area contributed by atoms with Crippen LogP contribution in [0.3, 0.4) is 0 Å². The minimum atomic E-state index is -3.67. The molecule has 1 amide bonds. The first-order valence-corrected chi connectivity index (χ1v) is 11.3. The van der Waals surface area contributed by atoms with Crippen LogP contribution in [0.4, 0.5) is 5.69 Å². The van der Waals surface area contributed by atoms with Crippen LogP contribution in [0.15, 0.2) is 83.8 Å². The number of nitrogens with zero attached hydrogens (tertiary/aromatic N) is 2. The van der Waals surface area contributed by atoms with Crippen LogP contribution in [0.1, 0.15) is 16.2 Å². The van der Waals surface area contributed by atoms with Crippen LogP contribution in [0.5, 0.6) is 0 Å². The summed E-state index contributed by atoms with van der Waals surface area (Å²) in [5.41, 5.74) is 2.62. The minimum Gasteiger partial charge on any atom is -0.352 e. The second-order valence-electron chi connectivity index (χ2n) is 7.08. The predicted octanol–water partition coefficient (Wildman–Crippen LogP) is 3.35. The van der Waals surface area contributed by atoms with Crippen molar-refractivity contribution in [1.82, 2.24) is 14.9 Å².